The van der Waals surface area contributed by atoms with Gasteiger partial charge in [-0.2, -0.15) is 0 Å². The number of ether oxygens (including phenoxy) is 1. The number of rotatable bonds is 2. The van der Waals surface area contributed by atoms with Crippen LogP contribution in [0, 0.1) is 0 Å². The standard InChI is InChI=1S/C15H18N2O3/c1-17-12-8-4-7-11(14(12)20-9-13(17)18)15(19)16-10-5-2-3-6-10/h4,7-8,10H,2-3,5-6,9H2,1H3,(H,16,19). The molecule has 0 saturated heterocycles. The summed E-state index contributed by atoms with van der Waals surface area (Å²) in [5, 5.41) is 3.05. The number of carbonyl (C=O) groups is 2. The minimum absolute atomic E-state index is 0.0166. The van der Waals surface area contributed by atoms with E-state index in [0.717, 1.165) is 12.8 Å². The summed E-state index contributed by atoms with van der Waals surface area (Å²) in [6, 6.07) is 5.58. The van der Waals surface area contributed by atoms with Crippen LogP contribution in [0.5, 0.6) is 5.75 Å². The van der Waals surface area contributed by atoms with E-state index in [4.69, 9.17) is 4.74 Å². The Morgan fingerprint density at radius 3 is 2.85 bits per heavy atom. The predicted molar refractivity (Wildman–Crippen MR) is 75.1 cm³/mol. The van der Waals surface area contributed by atoms with E-state index >= 15 is 0 Å². The summed E-state index contributed by atoms with van der Waals surface area (Å²) in [7, 11) is 1.70. The van der Waals surface area contributed by atoms with Gasteiger partial charge in [-0.25, -0.2) is 0 Å². The van der Waals surface area contributed by atoms with Crippen LogP contribution in [-0.4, -0.2) is 31.5 Å². The maximum absolute atomic E-state index is 12.4. The van der Waals surface area contributed by atoms with E-state index in [1.807, 2.05) is 0 Å². The summed E-state index contributed by atoms with van der Waals surface area (Å²) < 4.78 is 5.47. The smallest absolute Gasteiger partial charge is 0.264 e. The Bertz CT molecular complexity index is 550. The highest BCUT2D eigenvalue weighted by Crippen LogP contribution is 2.34. The third-order valence-corrected chi connectivity index (χ3v) is 4.00. The molecule has 1 aromatic carbocycles. The van der Waals surface area contributed by atoms with Gasteiger partial charge in [0.05, 0.1) is 11.3 Å². The fourth-order valence-electron chi connectivity index (χ4n) is 2.82. The van der Waals surface area contributed by atoms with Crippen LogP contribution < -0.4 is 15.0 Å². The van der Waals surface area contributed by atoms with Crippen molar-refractivity contribution in [2.24, 2.45) is 0 Å². The first kappa shape index (κ1) is 13.0. The molecule has 0 atom stereocenters. The number of para-hydroxylation sites is 1. The molecule has 0 bridgehead atoms. The van der Waals surface area contributed by atoms with E-state index in [2.05, 4.69) is 5.32 Å². The fourth-order valence-corrected chi connectivity index (χ4v) is 2.82. The van der Waals surface area contributed by atoms with Gasteiger partial charge in [0.15, 0.2) is 12.4 Å². The summed E-state index contributed by atoms with van der Waals surface area (Å²) in [6.07, 6.45) is 4.43. The summed E-state index contributed by atoms with van der Waals surface area (Å²) in [6.45, 7) is -0.0166. The Labute approximate surface area is 117 Å². The molecule has 1 saturated carbocycles. The van der Waals surface area contributed by atoms with Gasteiger partial charge in [-0.1, -0.05) is 18.9 Å². The van der Waals surface area contributed by atoms with E-state index in [0.29, 0.717) is 17.0 Å². The zero-order chi connectivity index (χ0) is 14.1. The van der Waals surface area contributed by atoms with Crippen molar-refractivity contribution in [1.29, 1.82) is 0 Å². The van der Waals surface area contributed by atoms with Crippen LogP contribution in [0.25, 0.3) is 0 Å². The lowest BCUT2D eigenvalue weighted by molar-refractivity contribution is -0.121. The average Bonchev–Trinajstić information content (AvgIpc) is 2.95. The lowest BCUT2D eigenvalue weighted by Crippen LogP contribution is -2.37. The van der Waals surface area contributed by atoms with Crippen molar-refractivity contribution >= 4 is 17.5 Å². The predicted octanol–water partition coefficient (Wildman–Crippen LogP) is 1.71. The van der Waals surface area contributed by atoms with Gasteiger partial charge in [0, 0.05) is 13.1 Å². The van der Waals surface area contributed by atoms with E-state index < -0.39 is 0 Å². The van der Waals surface area contributed by atoms with Crippen molar-refractivity contribution < 1.29 is 14.3 Å². The first-order chi connectivity index (χ1) is 9.66. The maximum Gasteiger partial charge on any atom is 0.264 e. The minimum Gasteiger partial charge on any atom is -0.481 e. The number of fused-ring (bicyclic) bond motifs is 1. The summed E-state index contributed by atoms with van der Waals surface area (Å²) in [5.41, 5.74) is 1.16. The highest BCUT2D eigenvalue weighted by Gasteiger charge is 2.27. The summed E-state index contributed by atoms with van der Waals surface area (Å²) in [5.74, 6) is 0.285. The van der Waals surface area contributed by atoms with Gasteiger partial charge in [-0.3, -0.25) is 9.59 Å². The molecule has 0 unspecified atom stereocenters. The molecule has 5 nitrogen and oxygen atoms in total. The molecule has 0 spiro atoms. The molecule has 1 fully saturated rings. The molecular formula is C15H18N2O3. The molecule has 20 heavy (non-hydrogen) atoms. The van der Waals surface area contributed by atoms with Crippen LogP contribution in [0.4, 0.5) is 5.69 Å². The average molecular weight is 274 g/mol. The van der Waals surface area contributed by atoms with Gasteiger partial charge < -0.3 is 15.0 Å². The molecule has 2 aliphatic rings. The first-order valence-corrected chi connectivity index (χ1v) is 7.00. The van der Waals surface area contributed by atoms with Crippen molar-refractivity contribution in [3.05, 3.63) is 23.8 Å². The second-order valence-electron chi connectivity index (χ2n) is 5.35. The Morgan fingerprint density at radius 1 is 1.35 bits per heavy atom. The van der Waals surface area contributed by atoms with E-state index in [1.54, 1.807) is 25.2 Å². The lowest BCUT2D eigenvalue weighted by Gasteiger charge is -2.27. The molecular weight excluding hydrogens is 256 g/mol. The van der Waals surface area contributed by atoms with Crippen LogP contribution in [0.3, 0.4) is 0 Å². The number of hydrogen-bond donors (Lipinski definition) is 1. The number of hydrogen-bond acceptors (Lipinski definition) is 3. The topological polar surface area (TPSA) is 58.6 Å². The number of amides is 2. The van der Waals surface area contributed by atoms with Gasteiger partial charge in [0.1, 0.15) is 0 Å². The van der Waals surface area contributed by atoms with Crippen molar-refractivity contribution in [2.45, 2.75) is 31.7 Å². The summed E-state index contributed by atoms with van der Waals surface area (Å²) >= 11 is 0. The first-order valence-electron chi connectivity index (χ1n) is 7.00. The van der Waals surface area contributed by atoms with Crippen molar-refractivity contribution in [1.82, 2.24) is 5.32 Å². The Kier molecular flexibility index (Phi) is 3.34. The largest absolute Gasteiger partial charge is 0.481 e. The maximum atomic E-state index is 12.4. The van der Waals surface area contributed by atoms with Crippen molar-refractivity contribution in [2.75, 3.05) is 18.6 Å². The second-order valence-corrected chi connectivity index (χ2v) is 5.35. The van der Waals surface area contributed by atoms with E-state index in [9.17, 15) is 9.59 Å². The molecule has 1 aromatic rings. The third kappa shape index (κ3) is 2.24. The zero-order valence-electron chi connectivity index (χ0n) is 11.5. The number of likely N-dealkylation sites (N-methyl/N-ethyl adjacent to an activating group) is 1. The molecule has 1 aliphatic heterocycles. The van der Waals surface area contributed by atoms with E-state index in [1.165, 1.54) is 17.7 Å². The Morgan fingerprint density at radius 2 is 2.10 bits per heavy atom. The molecule has 5 heteroatoms. The molecule has 2 amide bonds. The number of nitrogens with zero attached hydrogens (tertiary/aromatic N) is 1. The number of anilines is 1. The van der Waals surface area contributed by atoms with Gasteiger partial charge >= 0.3 is 0 Å². The SMILES string of the molecule is CN1C(=O)COc2c(C(=O)NC3CCCC3)cccc21. The van der Waals surface area contributed by atoms with Gasteiger partial charge in [0.2, 0.25) is 0 Å². The number of carbonyl (C=O) groups excluding carboxylic acids is 2. The fraction of sp³-hybridized carbons (Fsp3) is 0.467. The molecule has 1 heterocycles. The quantitative estimate of drug-likeness (QED) is 0.893. The molecule has 1 aliphatic carbocycles. The molecule has 106 valence electrons. The van der Waals surface area contributed by atoms with Crippen LogP contribution in [0.1, 0.15) is 36.0 Å². The Hall–Kier alpha value is -2.04. The minimum atomic E-state index is -0.114. The van der Waals surface area contributed by atoms with Gasteiger partial charge in [-0.05, 0) is 25.0 Å². The van der Waals surface area contributed by atoms with Crippen molar-refractivity contribution in [3.63, 3.8) is 0 Å². The molecule has 3 rings (SSSR count). The van der Waals surface area contributed by atoms with E-state index in [-0.39, 0.29) is 24.5 Å². The third-order valence-electron chi connectivity index (χ3n) is 4.00. The normalized spacial score (nSPS) is 18.6. The number of nitrogens with one attached hydrogen (secondary N) is 1. The second kappa shape index (κ2) is 5.15. The Balaban J connectivity index is 1.86. The van der Waals surface area contributed by atoms with Crippen LogP contribution in [0.15, 0.2) is 18.2 Å². The molecule has 0 radical (unpaired) electrons. The van der Waals surface area contributed by atoms with Crippen LogP contribution in [0.2, 0.25) is 0 Å². The van der Waals surface area contributed by atoms with Gasteiger partial charge in [-0.15, -0.1) is 0 Å². The highest BCUT2D eigenvalue weighted by atomic mass is 16.5. The lowest BCUT2D eigenvalue weighted by atomic mass is 10.1. The highest BCUT2D eigenvalue weighted by molar-refractivity contribution is 6.04. The molecule has 0 aromatic heterocycles. The van der Waals surface area contributed by atoms with Crippen LogP contribution >= 0.6 is 0 Å². The van der Waals surface area contributed by atoms with Crippen LogP contribution in [-0.2, 0) is 4.79 Å². The monoisotopic (exact) mass is 274 g/mol. The summed E-state index contributed by atoms with van der Waals surface area (Å²) in [4.78, 5) is 25.5. The zero-order valence-corrected chi connectivity index (χ0v) is 11.5. The van der Waals surface area contributed by atoms with Gasteiger partial charge in [0.25, 0.3) is 11.8 Å². The van der Waals surface area contributed by atoms with Crippen molar-refractivity contribution in [3.8, 4) is 5.75 Å². The number of benzene rings is 1. The molecule has 1 N–H and O–H groups in total.